The molecule has 1 aromatic carbocycles. The monoisotopic (exact) mass is 360 g/mol. The molecule has 1 unspecified atom stereocenters. The molecule has 1 atom stereocenters. The maximum absolute atomic E-state index is 3.64. The molecule has 1 aromatic rings. The van der Waals surface area contributed by atoms with Gasteiger partial charge in [0.25, 0.3) is 0 Å². The lowest BCUT2D eigenvalue weighted by Gasteiger charge is -2.42. The molecule has 0 radical (unpaired) electrons. The van der Waals surface area contributed by atoms with Crippen molar-refractivity contribution in [2.75, 3.05) is 24.5 Å². The van der Waals surface area contributed by atoms with Gasteiger partial charge in [-0.3, -0.25) is 0 Å². The van der Waals surface area contributed by atoms with Crippen LogP contribution in [0.25, 0.3) is 0 Å². The largest absolute Gasteiger partial charge is 0.367 e. The molecule has 1 aliphatic heterocycles. The van der Waals surface area contributed by atoms with E-state index in [1.165, 1.54) is 10.2 Å². The Balaban J connectivity index is 2.24. The Morgan fingerprint density at radius 2 is 2.18 bits per heavy atom. The number of anilines is 1. The molecule has 1 N–H and O–H groups in total. The van der Waals surface area contributed by atoms with Crippen LogP contribution >= 0.6 is 31.9 Å². The van der Waals surface area contributed by atoms with Crippen LogP contribution in [0.2, 0.25) is 0 Å². The molecule has 4 heteroatoms. The fourth-order valence-electron chi connectivity index (χ4n) is 2.22. The van der Waals surface area contributed by atoms with Gasteiger partial charge in [0.2, 0.25) is 0 Å². The van der Waals surface area contributed by atoms with Crippen LogP contribution in [0.4, 0.5) is 5.69 Å². The Hall–Kier alpha value is -0.0600. The molecule has 1 aliphatic rings. The second-order valence-electron chi connectivity index (χ2n) is 4.86. The minimum atomic E-state index is 0.222. The lowest BCUT2D eigenvalue weighted by molar-refractivity contribution is 0.314. The highest BCUT2D eigenvalue weighted by Crippen LogP contribution is 2.31. The van der Waals surface area contributed by atoms with Crippen LogP contribution in [0.15, 0.2) is 27.1 Å². The van der Waals surface area contributed by atoms with Crippen LogP contribution in [-0.4, -0.2) is 25.2 Å². The lowest BCUT2D eigenvalue weighted by atomic mass is 9.95. The molecule has 94 valence electrons. The zero-order chi connectivity index (χ0) is 12.5. The SMILES string of the molecule is CCC1(C)CN(c2cc(Br)ccc2Br)CCN1. The Labute approximate surface area is 120 Å². The number of nitrogens with zero attached hydrogens (tertiary/aromatic N) is 1. The topological polar surface area (TPSA) is 15.3 Å². The van der Waals surface area contributed by atoms with Crippen molar-refractivity contribution in [3.8, 4) is 0 Å². The molecule has 0 spiro atoms. The third kappa shape index (κ3) is 3.04. The predicted octanol–water partition coefficient (Wildman–Crippen LogP) is 3.79. The Kier molecular flexibility index (Phi) is 4.16. The fraction of sp³-hybridized carbons (Fsp3) is 0.538. The number of hydrogen-bond donors (Lipinski definition) is 1. The van der Waals surface area contributed by atoms with Gasteiger partial charge >= 0.3 is 0 Å². The van der Waals surface area contributed by atoms with Gasteiger partial charge in [0, 0.05) is 34.1 Å². The maximum Gasteiger partial charge on any atom is 0.0523 e. The Bertz CT molecular complexity index is 408. The number of hydrogen-bond acceptors (Lipinski definition) is 2. The summed E-state index contributed by atoms with van der Waals surface area (Å²) in [6.07, 6.45) is 1.15. The quantitative estimate of drug-likeness (QED) is 0.862. The highest BCUT2D eigenvalue weighted by Gasteiger charge is 2.29. The second kappa shape index (κ2) is 5.29. The Morgan fingerprint density at radius 1 is 1.41 bits per heavy atom. The van der Waals surface area contributed by atoms with Crippen LogP contribution in [-0.2, 0) is 0 Å². The summed E-state index contributed by atoms with van der Waals surface area (Å²) in [5, 5.41) is 3.61. The highest BCUT2D eigenvalue weighted by molar-refractivity contribution is 9.11. The summed E-state index contributed by atoms with van der Waals surface area (Å²) < 4.78 is 2.30. The van der Waals surface area contributed by atoms with Gasteiger partial charge in [-0.25, -0.2) is 0 Å². The van der Waals surface area contributed by atoms with E-state index in [2.05, 4.69) is 74.1 Å². The van der Waals surface area contributed by atoms with Crippen LogP contribution in [0, 0.1) is 0 Å². The summed E-state index contributed by atoms with van der Waals surface area (Å²) in [6, 6.07) is 6.35. The number of nitrogens with one attached hydrogen (secondary N) is 1. The smallest absolute Gasteiger partial charge is 0.0523 e. The van der Waals surface area contributed by atoms with Crippen molar-refractivity contribution in [1.29, 1.82) is 0 Å². The van der Waals surface area contributed by atoms with Crippen molar-refractivity contribution in [2.24, 2.45) is 0 Å². The minimum absolute atomic E-state index is 0.222. The molecule has 1 heterocycles. The number of rotatable bonds is 2. The van der Waals surface area contributed by atoms with Gasteiger partial charge in [0.05, 0.1) is 5.69 Å². The molecule has 0 amide bonds. The summed E-state index contributed by atoms with van der Waals surface area (Å²) in [4.78, 5) is 2.45. The van der Waals surface area contributed by atoms with Gasteiger partial charge in [0.1, 0.15) is 0 Å². The first-order valence-electron chi connectivity index (χ1n) is 5.99. The van der Waals surface area contributed by atoms with E-state index in [0.717, 1.165) is 30.5 Å². The summed E-state index contributed by atoms with van der Waals surface area (Å²) >= 11 is 7.19. The van der Waals surface area contributed by atoms with E-state index in [1.807, 2.05) is 0 Å². The fourth-order valence-corrected chi connectivity index (χ4v) is 3.07. The van der Waals surface area contributed by atoms with Crippen LogP contribution in [0.3, 0.4) is 0 Å². The average molecular weight is 362 g/mol. The zero-order valence-electron chi connectivity index (χ0n) is 10.3. The zero-order valence-corrected chi connectivity index (χ0v) is 13.4. The van der Waals surface area contributed by atoms with Gasteiger partial charge in [-0.1, -0.05) is 22.9 Å². The van der Waals surface area contributed by atoms with Crippen molar-refractivity contribution in [1.82, 2.24) is 5.32 Å². The molecule has 2 rings (SSSR count). The van der Waals surface area contributed by atoms with Crippen molar-refractivity contribution in [2.45, 2.75) is 25.8 Å². The van der Waals surface area contributed by atoms with Crippen molar-refractivity contribution in [3.63, 3.8) is 0 Å². The Morgan fingerprint density at radius 3 is 2.88 bits per heavy atom. The molecule has 1 saturated heterocycles. The highest BCUT2D eigenvalue weighted by atomic mass is 79.9. The summed E-state index contributed by atoms with van der Waals surface area (Å²) in [7, 11) is 0. The van der Waals surface area contributed by atoms with Gasteiger partial charge in [-0.05, 0) is 47.5 Å². The van der Waals surface area contributed by atoms with E-state index in [-0.39, 0.29) is 5.54 Å². The molecular formula is C13H18Br2N2. The van der Waals surface area contributed by atoms with E-state index in [9.17, 15) is 0 Å². The molecule has 2 nitrogen and oxygen atoms in total. The molecule has 0 aromatic heterocycles. The normalized spacial score (nSPS) is 25.1. The van der Waals surface area contributed by atoms with E-state index < -0.39 is 0 Å². The lowest BCUT2D eigenvalue weighted by Crippen LogP contribution is -2.58. The number of piperazine rings is 1. The summed E-state index contributed by atoms with van der Waals surface area (Å²) in [5.74, 6) is 0. The standard InChI is InChI=1S/C13H18Br2N2/c1-3-13(2)9-17(7-6-16-13)12-8-10(14)4-5-11(12)15/h4-5,8,16H,3,6-7,9H2,1-2H3. The van der Waals surface area contributed by atoms with Crippen molar-refractivity contribution >= 4 is 37.5 Å². The molecule has 0 bridgehead atoms. The molecule has 17 heavy (non-hydrogen) atoms. The van der Waals surface area contributed by atoms with Crippen molar-refractivity contribution in [3.05, 3.63) is 27.1 Å². The first kappa shape index (κ1) is 13.4. The summed E-state index contributed by atoms with van der Waals surface area (Å²) in [5.41, 5.74) is 1.50. The van der Waals surface area contributed by atoms with Gasteiger partial charge in [-0.15, -0.1) is 0 Å². The minimum Gasteiger partial charge on any atom is -0.367 e. The first-order chi connectivity index (χ1) is 8.04. The second-order valence-corrected chi connectivity index (χ2v) is 6.63. The van der Waals surface area contributed by atoms with E-state index in [4.69, 9.17) is 0 Å². The van der Waals surface area contributed by atoms with Gasteiger partial charge < -0.3 is 10.2 Å². The molecule has 0 saturated carbocycles. The molecular weight excluding hydrogens is 344 g/mol. The van der Waals surface area contributed by atoms with Crippen LogP contribution in [0.1, 0.15) is 20.3 Å². The summed E-state index contributed by atoms with van der Waals surface area (Å²) in [6.45, 7) is 7.70. The van der Waals surface area contributed by atoms with Gasteiger partial charge in [-0.2, -0.15) is 0 Å². The maximum atomic E-state index is 3.64. The van der Waals surface area contributed by atoms with E-state index in [0.29, 0.717) is 0 Å². The molecule has 1 fully saturated rings. The third-order valence-corrected chi connectivity index (χ3v) is 4.67. The number of benzene rings is 1. The third-order valence-electron chi connectivity index (χ3n) is 3.50. The predicted molar refractivity (Wildman–Crippen MR) is 80.8 cm³/mol. The van der Waals surface area contributed by atoms with Crippen LogP contribution in [0.5, 0.6) is 0 Å². The molecule has 0 aliphatic carbocycles. The average Bonchev–Trinajstić information content (AvgIpc) is 2.32. The number of halogens is 2. The van der Waals surface area contributed by atoms with E-state index in [1.54, 1.807) is 0 Å². The van der Waals surface area contributed by atoms with Gasteiger partial charge in [0.15, 0.2) is 0 Å². The first-order valence-corrected chi connectivity index (χ1v) is 7.58. The van der Waals surface area contributed by atoms with E-state index >= 15 is 0 Å². The van der Waals surface area contributed by atoms with Crippen molar-refractivity contribution < 1.29 is 0 Å². The van der Waals surface area contributed by atoms with Crippen LogP contribution < -0.4 is 10.2 Å².